The Hall–Kier alpha value is 0.882. The molecule has 0 aromatic rings. The molecule has 0 heterocycles. The van der Waals surface area contributed by atoms with Crippen LogP contribution >= 0.6 is 0 Å². The average molecular weight is 384 g/mol. The molecule has 0 aromatic carbocycles. The minimum absolute atomic E-state index is 0.0972. The van der Waals surface area contributed by atoms with Crippen molar-refractivity contribution in [2.45, 2.75) is 53.5 Å². The number of hydrogen-bond donors (Lipinski definition) is 1. The summed E-state index contributed by atoms with van der Waals surface area (Å²) in [5.41, 5.74) is 0.0972. The first-order valence-electron chi connectivity index (χ1n) is 5.52. The van der Waals surface area contributed by atoms with Gasteiger partial charge in [0.05, 0.1) is 0 Å². The third-order valence-corrected chi connectivity index (χ3v) is 15.7. The van der Waals surface area contributed by atoms with Gasteiger partial charge in [0, 0.05) is 6.61 Å². The Balaban J connectivity index is 0. The summed E-state index contributed by atoms with van der Waals surface area (Å²) < 4.78 is 4.73. The van der Waals surface area contributed by atoms with Crippen LogP contribution in [0.15, 0.2) is 0 Å². The minimum atomic E-state index is -0.866. The summed E-state index contributed by atoms with van der Waals surface area (Å²) in [6, 6.07) is 0. The molecule has 0 amide bonds. The maximum absolute atomic E-state index is 8.40. The quantitative estimate of drug-likeness (QED) is 0.742. The summed E-state index contributed by atoms with van der Waals surface area (Å²) in [6.07, 6.45) is 0. The summed E-state index contributed by atoms with van der Waals surface area (Å²) in [7, 11) is 0. The molecule has 2 heteroatoms. The molecule has 0 saturated carbocycles. The van der Waals surface area contributed by atoms with Crippen molar-refractivity contribution < 1.29 is 5.11 Å². The van der Waals surface area contributed by atoms with E-state index in [0.717, 1.165) is 0 Å². The number of aliphatic hydroxyl groups is 1. The van der Waals surface area contributed by atoms with Crippen molar-refractivity contribution in [3.8, 4) is 0 Å². The van der Waals surface area contributed by atoms with Crippen LogP contribution in [0.3, 0.4) is 0 Å². The molecule has 0 spiro atoms. The van der Waals surface area contributed by atoms with Crippen LogP contribution in [-0.4, -0.2) is 34.4 Å². The van der Waals surface area contributed by atoms with E-state index >= 15 is 0 Å². The second-order valence-electron chi connectivity index (χ2n) is 4.81. The van der Waals surface area contributed by atoms with Crippen LogP contribution in [-0.2, 0) is 0 Å². The average Bonchev–Trinajstić information content (AvgIpc) is 2.07. The molecule has 0 radical (unpaired) electrons. The second-order valence-corrected chi connectivity index (χ2v) is 21.1. The van der Waals surface area contributed by atoms with Crippen molar-refractivity contribution >= 4 is 22.7 Å². The summed E-state index contributed by atoms with van der Waals surface area (Å²) >= 11 is -0.866. The third kappa shape index (κ3) is 15.6. The van der Waals surface area contributed by atoms with E-state index in [1.807, 2.05) is 20.8 Å². The van der Waals surface area contributed by atoms with E-state index < -0.39 is 22.7 Å². The molecule has 82 valence electrons. The Bertz CT molecular complexity index is 87.2. The van der Waals surface area contributed by atoms with Gasteiger partial charge >= 0.3 is 55.4 Å². The van der Waals surface area contributed by atoms with Crippen LogP contribution in [0, 0.1) is 5.41 Å². The van der Waals surface area contributed by atoms with Crippen molar-refractivity contribution in [3.05, 3.63) is 0 Å². The van der Waals surface area contributed by atoms with E-state index in [1.165, 1.54) is 0 Å². The van der Waals surface area contributed by atoms with E-state index in [-0.39, 0.29) is 12.0 Å². The first-order chi connectivity index (χ1) is 5.91. The molecule has 0 saturated heterocycles. The zero-order valence-electron chi connectivity index (χ0n) is 10.4. The van der Waals surface area contributed by atoms with Gasteiger partial charge in [0.25, 0.3) is 0 Å². The molecule has 0 rings (SSSR count). The van der Waals surface area contributed by atoms with Crippen molar-refractivity contribution in [3.63, 3.8) is 0 Å². The molecule has 0 bridgehead atoms. The molecule has 0 unspecified atom stereocenters. The molecule has 0 fully saturated rings. The fourth-order valence-corrected chi connectivity index (χ4v) is 7.60. The second kappa shape index (κ2) is 9.44. The van der Waals surface area contributed by atoms with Gasteiger partial charge in [0.1, 0.15) is 0 Å². The topological polar surface area (TPSA) is 20.2 Å². The van der Waals surface area contributed by atoms with Crippen molar-refractivity contribution in [1.82, 2.24) is 0 Å². The maximum atomic E-state index is 8.40. The monoisotopic (exact) mass is 384 g/mol. The number of hydrogen-bond acceptors (Lipinski definition) is 1. The zero-order chi connectivity index (χ0) is 10.9. The third-order valence-electron chi connectivity index (χ3n) is 2.21. The van der Waals surface area contributed by atoms with Crippen LogP contribution in [0.25, 0.3) is 0 Å². The molecule has 13 heavy (non-hydrogen) atoms. The predicted octanol–water partition coefficient (Wildman–Crippen LogP) is 3.30. The molecule has 1 N–H and O–H groups in total. The van der Waals surface area contributed by atoms with Crippen LogP contribution in [0.2, 0.25) is 11.9 Å². The van der Waals surface area contributed by atoms with Gasteiger partial charge in [0.15, 0.2) is 0 Å². The summed E-state index contributed by atoms with van der Waals surface area (Å²) in [5.74, 6) is 0. The molecule has 0 atom stereocenters. The number of aliphatic hydroxyl groups excluding tert-OH is 1. The van der Waals surface area contributed by atoms with Crippen LogP contribution in [0.4, 0.5) is 0 Å². The van der Waals surface area contributed by atoms with Gasteiger partial charge in [-0.15, -0.1) is 0 Å². The van der Waals surface area contributed by atoms with Crippen LogP contribution < -0.4 is 0 Å². The summed E-state index contributed by atoms with van der Waals surface area (Å²) in [5, 5.41) is 8.40. The van der Waals surface area contributed by atoms with Gasteiger partial charge < -0.3 is 5.11 Å². The molecular formula is C11H28OPb. The van der Waals surface area contributed by atoms with Gasteiger partial charge in [-0.3, -0.25) is 0 Å². The molecule has 1 nitrogen and oxygen atoms in total. The molecule has 0 aliphatic carbocycles. The Kier molecular flexibility index (Phi) is 11.8. The summed E-state index contributed by atoms with van der Waals surface area (Å²) in [4.78, 5) is 0. The Labute approximate surface area is 93.1 Å². The predicted molar refractivity (Wildman–Crippen MR) is 65.1 cm³/mol. The van der Waals surface area contributed by atoms with Gasteiger partial charge in [-0.1, -0.05) is 20.8 Å². The van der Waals surface area contributed by atoms with Gasteiger partial charge in [-0.25, -0.2) is 0 Å². The Morgan fingerprint density at radius 2 is 1.15 bits per heavy atom. The van der Waals surface area contributed by atoms with Crippen LogP contribution in [0.1, 0.15) is 41.5 Å². The van der Waals surface area contributed by atoms with Gasteiger partial charge in [0.2, 0.25) is 0 Å². The van der Waals surface area contributed by atoms with Crippen molar-refractivity contribution in [2.75, 3.05) is 6.61 Å². The summed E-state index contributed by atoms with van der Waals surface area (Å²) in [6.45, 7) is 13.3. The standard InChI is InChI=1S/C5H12O.3C2H5.Pb.H/c1-5(2,3)4-6;3*1-2;;/h6H,4H2,1-3H3;3*1H2,2H3;;. The zero-order valence-corrected chi connectivity index (χ0v) is 14.8. The van der Waals surface area contributed by atoms with Crippen LogP contribution in [0.5, 0.6) is 0 Å². The SMILES string of the molecule is CC(C)(C)CO.C[CH2][PbH]([CH2]C)[CH2]C. The van der Waals surface area contributed by atoms with Crippen molar-refractivity contribution in [1.29, 1.82) is 0 Å². The van der Waals surface area contributed by atoms with E-state index in [2.05, 4.69) is 20.8 Å². The first kappa shape index (κ1) is 16.3. The molecule has 0 aromatic heterocycles. The normalized spacial score (nSPS) is 11.1. The fraction of sp³-hybridized carbons (Fsp3) is 1.00. The fourth-order valence-electron chi connectivity index (χ4n) is 0.866. The van der Waals surface area contributed by atoms with E-state index in [4.69, 9.17) is 5.11 Å². The van der Waals surface area contributed by atoms with E-state index in [9.17, 15) is 0 Å². The van der Waals surface area contributed by atoms with Gasteiger partial charge in [-0.2, -0.15) is 0 Å². The molecule has 0 aliphatic rings. The van der Waals surface area contributed by atoms with E-state index in [1.54, 1.807) is 11.9 Å². The van der Waals surface area contributed by atoms with Crippen molar-refractivity contribution in [2.24, 2.45) is 5.41 Å². The van der Waals surface area contributed by atoms with Gasteiger partial charge in [-0.05, 0) is 5.41 Å². The molecular weight excluding hydrogens is 355 g/mol. The van der Waals surface area contributed by atoms with E-state index in [0.29, 0.717) is 0 Å². The number of rotatable bonds is 3. The molecule has 0 aliphatic heterocycles. The Morgan fingerprint density at radius 1 is 0.923 bits per heavy atom. The Morgan fingerprint density at radius 3 is 1.15 bits per heavy atom. The first-order valence-corrected chi connectivity index (χ1v) is 15.0.